The molecule has 0 fully saturated rings. The van der Waals surface area contributed by atoms with Crippen molar-refractivity contribution in [2.75, 3.05) is 7.11 Å². The van der Waals surface area contributed by atoms with Crippen molar-refractivity contribution in [2.45, 2.75) is 20.3 Å². The fourth-order valence-electron chi connectivity index (χ4n) is 1.74. The number of Topliss-reactive ketones (excluding diaryl/α,β-unsaturated/α-hetero) is 3. The molecule has 0 aliphatic rings. The molecule has 0 atom stereocenters. The Morgan fingerprint density at radius 2 is 1.67 bits per heavy atom. The highest BCUT2D eigenvalue weighted by molar-refractivity contribution is 6.07. The number of hydrogen-bond acceptors (Lipinski definition) is 4. The molecule has 0 amide bonds. The molecule has 0 unspecified atom stereocenters. The lowest BCUT2D eigenvalue weighted by atomic mass is 9.92. The van der Waals surface area contributed by atoms with Crippen LogP contribution >= 0.6 is 0 Å². The summed E-state index contributed by atoms with van der Waals surface area (Å²) >= 11 is 0. The van der Waals surface area contributed by atoms with Crippen molar-refractivity contribution in [3.63, 3.8) is 0 Å². The summed E-state index contributed by atoms with van der Waals surface area (Å²) in [5.74, 6) is -1.24. The van der Waals surface area contributed by atoms with E-state index in [1.807, 2.05) is 0 Å². The van der Waals surface area contributed by atoms with Crippen molar-refractivity contribution < 1.29 is 19.1 Å². The normalized spacial score (nSPS) is 10.2. The molecule has 0 spiro atoms. The number of methoxy groups -OCH3 is 1. The molecule has 0 bridgehead atoms. The highest BCUT2D eigenvalue weighted by Crippen LogP contribution is 2.21. The molecule has 18 heavy (non-hydrogen) atoms. The number of rotatable bonds is 6. The van der Waals surface area contributed by atoms with Crippen molar-refractivity contribution in [3.05, 3.63) is 29.8 Å². The van der Waals surface area contributed by atoms with Crippen LogP contribution in [0.5, 0.6) is 5.75 Å². The first kappa shape index (κ1) is 14.1. The molecule has 1 aromatic carbocycles. The zero-order valence-electron chi connectivity index (χ0n) is 10.7. The van der Waals surface area contributed by atoms with E-state index < -0.39 is 5.92 Å². The van der Waals surface area contributed by atoms with Gasteiger partial charge in [-0.2, -0.15) is 0 Å². The van der Waals surface area contributed by atoms with E-state index in [1.54, 1.807) is 24.3 Å². The molecule has 1 aromatic rings. The van der Waals surface area contributed by atoms with Gasteiger partial charge in [-0.3, -0.25) is 14.4 Å². The molecule has 0 saturated carbocycles. The van der Waals surface area contributed by atoms with Gasteiger partial charge in [0, 0.05) is 6.42 Å². The maximum Gasteiger partial charge on any atom is 0.167 e. The summed E-state index contributed by atoms with van der Waals surface area (Å²) in [6, 6.07) is 6.76. The first-order valence-corrected chi connectivity index (χ1v) is 5.64. The minimum Gasteiger partial charge on any atom is -0.496 e. The van der Waals surface area contributed by atoms with Crippen LogP contribution in [0, 0.1) is 5.92 Å². The Balaban J connectivity index is 2.94. The fraction of sp³-hybridized carbons (Fsp3) is 0.357. The van der Waals surface area contributed by atoms with Crippen LogP contribution in [-0.4, -0.2) is 24.5 Å². The van der Waals surface area contributed by atoms with Crippen LogP contribution in [0.25, 0.3) is 0 Å². The van der Waals surface area contributed by atoms with Gasteiger partial charge >= 0.3 is 0 Å². The Hall–Kier alpha value is -1.97. The average Bonchev–Trinajstić information content (AvgIpc) is 2.34. The fourth-order valence-corrected chi connectivity index (χ4v) is 1.74. The standard InChI is InChI=1S/C14H16O4/c1-9(15)12(10(2)16)8-13(17)11-6-4-5-7-14(11)18-3/h4-7,12H,8H2,1-3H3. The van der Waals surface area contributed by atoms with Crippen LogP contribution in [0.3, 0.4) is 0 Å². The summed E-state index contributed by atoms with van der Waals surface area (Å²) < 4.78 is 5.08. The molecular weight excluding hydrogens is 232 g/mol. The van der Waals surface area contributed by atoms with Crippen molar-refractivity contribution in [3.8, 4) is 5.75 Å². The number of para-hydroxylation sites is 1. The molecule has 0 radical (unpaired) electrons. The molecule has 4 nitrogen and oxygen atoms in total. The van der Waals surface area contributed by atoms with Crippen molar-refractivity contribution >= 4 is 17.3 Å². The minimum atomic E-state index is -0.859. The summed E-state index contributed by atoms with van der Waals surface area (Å²) in [6.07, 6.45) is -0.106. The zero-order valence-corrected chi connectivity index (χ0v) is 10.7. The number of hydrogen-bond donors (Lipinski definition) is 0. The number of ether oxygens (including phenoxy) is 1. The molecule has 1 rings (SSSR count). The molecule has 96 valence electrons. The summed E-state index contributed by atoms with van der Waals surface area (Å²) in [6.45, 7) is 2.64. The van der Waals surface area contributed by atoms with Crippen molar-refractivity contribution in [1.29, 1.82) is 0 Å². The lowest BCUT2D eigenvalue weighted by molar-refractivity contribution is -0.130. The van der Waals surface area contributed by atoms with E-state index >= 15 is 0 Å². The topological polar surface area (TPSA) is 60.4 Å². The second-order valence-electron chi connectivity index (χ2n) is 4.10. The molecule has 0 N–H and O–H groups in total. The smallest absolute Gasteiger partial charge is 0.167 e. The lowest BCUT2D eigenvalue weighted by Gasteiger charge is -2.11. The van der Waals surface area contributed by atoms with Crippen LogP contribution in [0.2, 0.25) is 0 Å². The van der Waals surface area contributed by atoms with Gasteiger partial charge in [-0.1, -0.05) is 12.1 Å². The Morgan fingerprint density at radius 1 is 1.11 bits per heavy atom. The molecule has 0 aromatic heterocycles. The third-order valence-corrected chi connectivity index (χ3v) is 2.78. The quantitative estimate of drug-likeness (QED) is 0.571. The maximum atomic E-state index is 12.1. The molecule has 0 saturated heterocycles. The van der Waals surface area contributed by atoms with E-state index in [0.29, 0.717) is 11.3 Å². The SMILES string of the molecule is COc1ccccc1C(=O)CC(C(C)=O)C(C)=O. The number of carbonyl (C=O) groups is 3. The molecule has 0 heterocycles. The minimum absolute atomic E-state index is 0.106. The van der Waals surface area contributed by atoms with E-state index in [-0.39, 0.29) is 23.8 Å². The van der Waals surface area contributed by atoms with Gasteiger partial charge in [0.15, 0.2) is 5.78 Å². The van der Waals surface area contributed by atoms with Crippen molar-refractivity contribution in [2.24, 2.45) is 5.92 Å². The van der Waals surface area contributed by atoms with E-state index in [9.17, 15) is 14.4 Å². The Kier molecular flexibility index (Phi) is 4.77. The Bertz CT molecular complexity index is 462. The van der Waals surface area contributed by atoms with E-state index in [2.05, 4.69) is 0 Å². The predicted molar refractivity (Wildman–Crippen MR) is 66.8 cm³/mol. The van der Waals surface area contributed by atoms with Crippen LogP contribution in [0.15, 0.2) is 24.3 Å². The van der Waals surface area contributed by atoms with Crippen LogP contribution in [-0.2, 0) is 9.59 Å². The van der Waals surface area contributed by atoms with Gasteiger partial charge < -0.3 is 4.74 Å². The van der Waals surface area contributed by atoms with E-state index in [1.165, 1.54) is 21.0 Å². The number of ketones is 3. The van der Waals surface area contributed by atoms with E-state index in [4.69, 9.17) is 4.74 Å². The number of benzene rings is 1. The summed E-state index contributed by atoms with van der Waals surface area (Å²) in [4.78, 5) is 34.7. The second kappa shape index (κ2) is 6.10. The van der Waals surface area contributed by atoms with Gasteiger partial charge in [-0.15, -0.1) is 0 Å². The van der Waals surface area contributed by atoms with Gasteiger partial charge in [0.05, 0.1) is 18.6 Å². The van der Waals surface area contributed by atoms with Gasteiger partial charge in [0.1, 0.15) is 17.3 Å². The Morgan fingerprint density at radius 3 is 2.17 bits per heavy atom. The third kappa shape index (κ3) is 3.26. The van der Waals surface area contributed by atoms with E-state index in [0.717, 1.165) is 0 Å². The molecule has 0 aliphatic heterocycles. The first-order valence-electron chi connectivity index (χ1n) is 5.64. The monoisotopic (exact) mass is 248 g/mol. The highest BCUT2D eigenvalue weighted by atomic mass is 16.5. The second-order valence-corrected chi connectivity index (χ2v) is 4.10. The van der Waals surface area contributed by atoms with Crippen LogP contribution < -0.4 is 4.74 Å². The highest BCUT2D eigenvalue weighted by Gasteiger charge is 2.24. The van der Waals surface area contributed by atoms with Gasteiger partial charge in [-0.25, -0.2) is 0 Å². The largest absolute Gasteiger partial charge is 0.496 e. The maximum absolute atomic E-state index is 12.1. The summed E-state index contributed by atoms with van der Waals surface area (Å²) in [7, 11) is 1.47. The zero-order chi connectivity index (χ0) is 13.7. The van der Waals surface area contributed by atoms with Crippen molar-refractivity contribution in [1.82, 2.24) is 0 Å². The van der Waals surface area contributed by atoms with Gasteiger partial charge in [0.25, 0.3) is 0 Å². The van der Waals surface area contributed by atoms with Crippen LogP contribution in [0.4, 0.5) is 0 Å². The summed E-state index contributed by atoms with van der Waals surface area (Å²) in [5.41, 5.74) is 0.396. The number of carbonyl (C=O) groups excluding carboxylic acids is 3. The first-order chi connectivity index (χ1) is 8.47. The van der Waals surface area contributed by atoms with Crippen LogP contribution in [0.1, 0.15) is 30.6 Å². The lowest BCUT2D eigenvalue weighted by Crippen LogP contribution is -2.23. The molecule has 4 heteroatoms. The molecule has 0 aliphatic carbocycles. The van der Waals surface area contributed by atoms with Gasteiger partial charge in [-0.05, 0) is 26.0 Å². The predicted octanol–water partition coefficient (Wildman–Crippen LogP) is 2.06. The third-order valence-electron chi connectivity index (χ3n) is 2.78. The summed E-state index contributed by atoms with van der Waals surface area (Å²) in [5, 5.41) is 0. The molecular formula is C14H16O4. The average molecular weight is 248 g/mol. The van der Waals surface area contributed by atoms with Gasteiger partial charge in [0.2, 0.25) is 0 Å². The Labute approximate surface area is 106 Å².